The maximum absolute atomic E-state index is 10.0. The summed E-state index contributed by atoms with van der Waals surface area (Å²) in [6.07, 6.45) is 0. The molecule has 4 heteroatoms. The van der Waals surface area contributed by atoms with Crippen molar-refractivity contribution in [3.05, 3.63) is 40.4 Å². The molecule has 0 unspecified atom stereocenters. The van der Waals surface area contributed by atoms with Gasteiger partial charge in [0.05, 0.1) is 4.92 Å². The molecule has 3 nitrogen and oxygen atoms in total. The van der Waals surface area contributed by atoms with Crippen LogP contribution in [0.1, 0.15) is 0 Å². The van der Waals surface area contributed by atoms with E-state index in [9.17, 15) is 10.1 Å². The largest absolute Gasteiger partial charge is 0.269 e. The number of para-hydroxylation sites is 1. The van der Waals surface area contributed by atoms with E-state index in [4.69, 9.17) is 0 Å². The molecule has 1 aromatic carbocycles. The predicted octanol–water partition coefficient (Wildman–Crippen LogP) is 1.21. The fourth-order valence-electron chi connectivity index (χ4n) is 0.550. The zero-order chi connectivity index (χ0) is 6.69. The van der Waals surface area contributed by atoms with E-state index in [1.807, 2.05) is 0 Å². The van der Waals surface area contributed by atoms with Crippen LogP contribution in [0.15, 0.2) is 30.3 Å². The number of nitro groups is 1. The molecule has 0 atom stereocenters. The molecule has 10 heavy (non-hydrogen) atoms. The second-order valence-corrected chi connectivity index (χ2v) is 1.59. The molecule has 0 heterocycles. The summed E-state index contributed by atoms with van der Waals surface area (Å²) in [4.78, 5) is 9.59. The van der Waals surface area contributed by atoms with Gasteiger partial charge in [0.15, 0.2) is 0 Å². The zero-order valence-corrected chi connectivity index (χ0v) is 8.00. The Morgan fingerprint density at radius 2 is 1.70 bits per heavy atom. The van der Waals surface area contributed by atoms with Crippen molar-refractivity contribution in [3.63, 3.8) is 0 Å². The number of non-ortho nitro benzene ring substituents is 1. The summed E-state index contributed by atoms with van der Waals surface area (Å²) in [5, 5.41) is 10.0. The van der Waals surface area contributed by atoms with Crippen molar-refractivity contribution in [2.45, 2.75) is 0 Å². The second kappa shape index (κ2) is 4.27. The maximum Gasteiger partial charge on any atom is 0.269 e. The van der Waals surface area contributed by atoms with Crippen LogP contribution in [0.2, 0.25) is 0 Å². The molecule has 0 saturated carbocycles. The molecule has 4 radical (unpaired) electrons. The van der Waals surface area contributed by atoms with Gasteiger partial charge in [-0.25, -0.2) is 0 Å². The molecule has 50 valence electrons. The van der Waals surface area contributed by atoms with E-state index in [0.717, 1.165) is 0 Å². The Morgan fingerprint density at radius 1 is 1.20 bits per heavy atom. The number of hydrogen-bond acceptors (Lipinski definition) is 2. The minimum Gasteiger partial charge on any atom is -0.258 e. The van der Waals surface area contributed by atoms with Gasteiger partial charge >= 0.3 is 0 Å². The molecule has 0 N–H and O–H groups in total. The average molecular weight is 242 g/mol. The number of benzene rings is 1. The molecule has 0 spiro atoms. The van der Waals surface area contributed by atoms with E-state index in [1.54, 1.807) is 18.2 Å². The van der Waals surface area contributed by atoms with Crippen LogP contribution in [0, 0.1) is 10.1 Å². The van der Waals surface area contributed by atoms with Crippen molar-refractivity contribution >= 4 is 29.6 Å². The summed E-state index contributed by atoms with van der Waals surface area (Å²) in [7, 11) is 0. The molecule has 0 aliphatic heterocycles. The standard InChI is InChI=1S/C6H5NO2.Sn/c8-7(9)6-4-2-1-3-5-6;/h1-5H;. The monoisotopic (exact) mass is 243 g/mol. The molecule has 1 aromatic rings. The fourth-order valence-corrected chi connectivity index (χ4v) is 0.550. The number of rotatable bonds is 1. The first kappa shape index (κ1) is 9.42. The van der Waals surface area contributed by atoms with Crippen LogP contribution in [-0.2, 0) is 0 Å². The summed E-state index contributed by atoms with van der Waals surface area (Å²) >= 11 is 0. The third-order valence-electron chi connectivity index (χ3n) is 0.967. The fraction of sp³-hybridized carbons (Fsp3) is 0. The van der Waals surface area contributed by atoms with Crippen molar-refractivity contribution < 1.29 is 4.92 Å². The van der Waals surface area contributed by atoms with E-state index < -0.39 is 4.92 Å². The van der Waals surface area contributed by atoms with Gasteiger partial charge in [0.2, 0.25) is 0 Å². The minimum absolute atomic E-state index is 0. The summed E-state index contributed by atoms with van der Waals surface area (Å²) < 4.78 is 0. The molecule has 0 aliphatic rings. The van der Waals surface area contributed by atoms with E-state index in [2.05, 4.69) is 0 Å². The van der Waals surface area contributed by atoms with Gasteiger partial charge in [-0.15, -0.1) is 0 Å². The molecule has 0 fully saturated rings. The van der Waals surface area contributed by atoms with Gasteiger partial charge in [0.1, 0.15) is 0 Å². The summed E-state index contributed by atoms with van der Waals surface area (Å²) in [5.74, 6) is 0. The van der Waals surface area contributed by atoms with E-state index >= 15 is 0 Å². The predicted molar refractivity (Wildman–Crippen MR) is 38.9 cm³/mol. The third kappa shape index (κ3) is 2.34. The van der Waals surface area contributed by atoms with Crippen molar-refractivity contribution in [3.8, 4) is 0 Å². The normalized spacial score (nSPS) is 8.00. The van der Waals surface area contributed by atoms with Crippen LogP contribution < -0.4 is 0 Å². The quantitative estimate of drug-likeness (QED) is 0.422. The summed E-state index contributed by atoms with van der Waals surface area (Å²) in [6, 6.07) is 7.93. The molecule has 0 bridgehead atoms. The second-order valence-electron chi connectivity index (χ2n) is 1.59. The van der Waals surface area contributed by atoms with Crippen molar-refractivity contribution in [1.29, 1.82) is 0 Å². The Hall–Kier alpha value is -0.581. The van der Waals surface area contributed by atoms with Crippen LogP contribution in [-0.4, -0.2) is 28.8 Å². The first-order valence-corrected chi connectivity index (χ1v) is 2.50. The Morgan fingerprint density at radius 3 is 2.00 bits per heavy atom. The first-order valence-electron chi connectivity index (χ1n) is 2.50. The van der Waals surface area contributed by atoms with Crippen molar-refractivity contribution in [2.24, 2.45) is 0 Å². The SMILES string of the molecule is O=[N+]([O-])c1ccccc1.[Sn]. The van der Waals surface area contributed by atoms with Crippen LogP contribution in [0.4, 0.5) is 5.69 Å². The number of nitro benzene ring substituents is 1. The summed E-state index contributed by atoms with van der Waals surface area (Å²) in [6.45, 7) is 0. The molecular weight excluding hydrogens is 237 g/mol. The maximum atomic E-state index is 10.0. The molecular formula is C6H5NO2Sn. The number of nitrogens with zero attached hydrogens (tertiary/aromatic N) is 1. The van der Waals surface area contributed by atoms with Gasteiger partial charge < -0.3 is 0 Å². The van der Waals surface area contributed by atoms with E-state index in [1.165, 1.54) is 12.1 Å². The van der Waals surface area contributed by atoms with Crippen LogP contribution in [0.25, 0.3) is 0 Å². The Bertz CT molecular complexity index is 212. The van der Waals surface area contributed by atoms with Gasteiger partial charge in [-0.2, -0.15) is 0 Å². The van der Waals surface area contributed by atoms with Crippen molar-refractivity contribution in [2.75, 3.05) is 0 Å². The van der Waals surface area contributed by atoms with Gasteiger partial charge in [0.25, 0.3) is 5.69 Å². The Balaban J connectivity index is 0.000000810. The van der Waals surface area contributed by atoms with Crippen molar-refractivity contribution in [1.82, 2.24) is 0 Å². The first-order chi connectivity index (χ1) is 4.30. The summed E-state index contributed by atoms with van der Waals surface area (Å²) in [5.41, 5.74) is 0.137. The topological polar surface area (TPSA) is 43.1 Å². The van der Waals surface area contributed by atoms with Gasteiger partial charge in [0, 0.05) is 36.0 Å². The molecule has 1 rings (SSSR count). The van der Waals surface area contributed by atoms with Gasteiger partial charge in [-0.05, 0) is 0 Å². The Kier molecular flexibility index (Phi) is 4.02. The molecule has 0 saturated heterocycles. The molecule has 0 aromatic heterocycles. The third-order valence-corrected chi connectivity index (χ3v) is 0.967. The van der Waals surface area contributed by atoms with Gasteiger partial charge in [-0.3, -0.25) is 10.1 Å². The van der Waals surface area contributed by atoms with Crippen LogP contribution in [0.5, 0.6) is 0 Å². The molecule has 0 amide bonds. The van der Waals surface area contributed by atoms with Gasteiger partial charge in [-0.1, -0.05) is 18.2 Å². The van der Waals surface area contributed by atoms with E-state index in [0.29, 0.717) is 0 Å². The van der Waals surface area contributed by atoms with Crippen LogP contribution in [0.3, 0.4) is 0 Å². The average Bonchev–Trinajstić information content (AvgIpc) is 1.90. The van der Waals surface area contributed by atoms with Crippen LogP contribution >= 0.6 is 0 Å². The van der Waals surface area contributed by atoms with E-state index in [-0.39, 0.29) is 29.6 Å². The molecule has 0 aliphatic carbocycles. The zero-order valence-electron chi connectivity index (χ0n) is 5.15. The minimum atomic E-state index is -0.417. The Labute approximate surface area is 75.2 Å². The smallest absolute Gasteiger partial charge is 0.258 e. The number of hydrogen-bond donors (Lipinski definition) is 0.